The Morgan fingerprint density at radius 1 is 1.26 bits per heavy atom. The molecule has 0 radical (unpaired) electrons. The number of aliphatic hydroxyl groups excluding tert-OH is 1. The van der Waals surface area contributed by atoms with Crippen LogP contribution in [0.1, 0.15) is 53.2 Å². The third-order valence-electron chi connectivity index (χ3n) is 6.21. The third-order valence-corrected chi connectivity index (χ3v) is 6.44. The summed E-state index contributed by atoms with van der Waals surface area (Å²) in [4.78, 5) is 21.4. The van der Waals surface area contributed by atoms with E-state index in [0.717, 1.165) is 25.7 Å². The lowest BCUT2D eigenvalue weighted by atomic mass is 9.85. The fraction of sp³-hybridized carbons (Fsp3) is 0.346. The van der Waals surface area contributed by atoms with Crippen LogP contribution in [-0.2, 0) is 0 Å². The fourth-order valence-electron chi connectivity index (χ4n) is 4.10. The lowest BCUT2D eigenvalue weighted by molar-refractivity contribution is 0.0912. The smallest absolute Gasteiger partial charge is 0.254 e. The quantitative estimate of drug-likeness (QED) is 0.326. The molecule has 0 unspecified atom stereocenters. The maximum atomic E-state index is 15.1. The van der Waals surface area contributed by atoms with Gasteiger partial charge in [-0.25, -0.2) is 9.38 Å². The molecule has 0 saturated heterocycles. The van der Waals surface area contributed by atoms with E-state index < -0.39 is 17.8 Å². The van der Waals surface area contributed by atoms with E-state index in [9.17, 15) is 9.90 Å². The zero-order chi connectivity index (χ0) is 25.5. The standard InChI is InChI=1S/C26H31ClFN5O2/c1-15(16-6-9-20(29)10-7-16)32-24(25(30)31-2)18-8-11-21(22(28)13-18)26(35)33-23(14-34)17-4-3-5-19(27)12-17/h3-5,8,11-13,16,20,23,34H,1,6-7,9-10,14,29H2,2H3,(H2,30,31)(H,33,35)/t16?,20?,23-/m1/s1. The van der Waals surface area contributed by atoms with Gasteiger partial charge in [-0.2, -0.15) is 0 Å². The van der Waals surface area contributed by atoms with Crippen molar-refractivity contribution in [2.45, 2.75) is 37.8 Å². The number of allylic oxidation sites excluding steroid dienone is 1. The van der Waals surface area contributed by atoms with Gasteiger partial charge in [0, 0.05) is 35.3 Å². The van der Waals surface area contributed by atoms with Gasteiger partial charge in [0.1, 0.15) is 17.4 Å². The van der Waals surface area contributed by atoms with E-state index in [1.807, 2.05) is 0 Å². The number of rotatable bonds is 8. The van der Waals surface area contributed by atoms with Gasteiger partial charge < -0.3 is 21.9 Å². The van der Waals surface area contributed by atoms with Crippen LogP contribution < -0.4 is 16.8 Å². The number of nitrogens with one attached hydrogen (secondary N) is 1. The summed E-state index contributed by atoms with van der Waals surface area (Å²) in [6.07, 6.45) is 3.56. The highest BCUT2D eigenvalue weighted by molar-refractivity contribution is 6.47. The van der Waals surface area contributed by atoms with Crippen molar-refractivity contribution in [1.82, 2.24) is 5.32 Å². The molecule has 1 atom stereocenters. The van der Waals surface area contributed by atoms with Crippen molar-refractivity contribution in [3.05, 3.63) is 82.3 Å². The van der Waals surface area contributed by atoms with Crippen molar-refractivity contribution in [3.8, 4) is 0 Å². The summed E-state index contributed by atoms with van der Waals surface area (Å²) in [6.45, 7) is 3.73. The monoisotopic (exact) mass is 499 g/mol. The molecule has 3 rings (SSSR count). The summed E-state index contributed by atoms with van der Waals surface area (Å²) in [5.74, 6) is -1.12. The molecule has 7 nitrogen and oxygen atoms in total. The summed E-state index contributed by atoms with van der Waals surface area (Å²) < 4.78 is 15.1. The van der Waals surface area contributed by atoms with Crippen molar-refractivity contribution in [3.63, 3.8) is 0 Å². The van der Waals surface area contributed by atoms with Crippen molar-refractivity contribution >= 4 is 29.1 Å². The predicted molar refractivity (Wildman–Crippen MR) is 138 cm³/mol. The lowest BCUT2D eigenvalue weighted by Gasteiger charge is -2.26. The molecule has 2 aromatic rings. The molecule has 0 spiro atoms. The second kappa shape index (κ2) is 12.1. The van der Waals surface area contributed by atoms with Crippen LogP contribution in [0.3, 0.4) is 0 Å². The number of amidine groups is 1. The molecule has 6 N–H and O–H groups in total. The highest BCUT2D eigenvalue weighted by Gasteiger charge is 2.23. The Labute approximate surface area is 209 Å². The number of carbonyl (C=O) groups is 1. The Balaban J connectivity index is 1.83. The second-order valence-electron chi connectivity index (χ2n) is 8.63. The first-order chi connectivity index (χ1) is 16.7. The van der Waals surface area contributed by atoms with Crippen LogP contribution >= 0.6 is 11.6 Å². The number of aliphatic imine (C=N–C) groups is 2. The first-order valence-corrected chi connectivity index (χ1v) is 11.8. The van der Waals surface area contributed by atoms with E-state index in [1.165, 1.54) is 19.2 Å². The molecule has 35 heavy (non-hydrogen) atoms. The van der Waals surface area contributed by atoms with E-state index in [2.05, 4.69) is 21.9 Å². The molecular formula is C26H31ClFN5O2. The average molecular weight is 500 g/mol. The Morgan fingerprint density at radius 2 is 1.97 bits per heavy atom. The molecule has 9 heteroatoms. The van der Waals surface area contributed by atoms with E-state index >= 15 is 4.39 Å². The van der Waals surface area contributed by atoms with Crippen LogP contribution in [0.5, 0.6) is 0 Å². The maximum absolute atomic E-state index is 15.1. The van der Waals surface area contributed by atoms with Crippen molar-refractivity contribution in [2.24, 2.45) is 27.4 Å². The molecule has 0 aromatic heterocycles. The maximum Gasteiger partial charge on any atom is 0.254 e. The van der Waals surface area contributed by atoms with Gasteiger partial charge in [0.25, 0.3) is 5.91 Å². The number of halogens is 2. The number of amides is 1. The minimum Gasteiger partial charge on any atom is -0.394 e. The van der Waals surface area contributed by atoms with Gasteiger partial charge in [-0.1, -0.05) is 36.4 Å². The van der Waals surface area contributed by atoms with Gasteiger partial charge in [0.2, 0.25) is 0 Å². The Bertz CT molecular complexity index is 1140. The van der Waals surface area contributed by atoms with Gasteiger partial charge in [-0.05, 0) is 55.5 Å². The Morgan fingerprint density at radius 3 is 2.57 bits per heavy atom. The van der Waals surface area contributed by atoms with E-state index in [1.54, 1.807) is 30.3 Å². The molecular weight excluding hydrogens is 469 g/mol. The molecule has 1 fully saturated rings. The van der Waals surface area contributed by atoms with Crippen LogP contribution in [0.2, 0.25) is 5.02 Å². The summed E-state index contributed by atoms with van der Waals surface area (Å²) in [5, 5.41) is 12.8. The first-order valence-electron chi connectivity index (χ1n) is 11.5. The summed E-state index contributed by atoms with van der Waals surface area (Å²) in [5.41, 5.74) is 13.8. The van der Waals surface area contributed by atoms with Crippen molar-refractivity contribution < 1.29 is 14.3 Å². The molecule has 0 bridgehead atoms. The van der Waals surface area contributed by atoms with Crippen LogP contribution in [0.4, 0.5) is 4.39 Å². The second-order valence-corrected chi connectivity index (χ2v) is 9.07. The van der Waals surface area contributed by atoms with Crippen LogP contribution in [0, 0.1) is 11.7 Å². The van der Waals surface area contributed by atoms with Gasteiger partial charge in [0.15, 0.2) is 0 Å². The lowest BCUT2D eigenvalue weighted by Crippen LogP contribution is -2.31. The third kappa shape index (κ3) is 6.75. The molecule has 2 aromatic carbocycles. The predicted octanol–water partition coefficient (Wildman–Crippen LogP) is 3.75. The first kappa shape index (κ1) is 26.5. The van der Waals surface area contributed by atoms with Crippen LogP contribution in [0.15, 0.2) is 64.7 Å². The van der Waals surface area contributed by atoms with Gasteiger partial charge >= 0.3 is 0 Å². The molecule has 1 aliphatic rings. The molecule has 1 aliphatic carbocycles. The van der Waals surface area contributed by atoms with Gasteiger partial charge in [-0.3, -0.25) is 9.79 Å². The zero-order valence-corrected chi connectivity index (χ0v) is 20.4. The number of nitrogens with two attached hydrogens (primary N) is 2. The number of aliphatic hydroxyl groups is 1. The van der Waals surface area contributed by atoms with Crippen molar-refractivity contribution in [1.29, 1.82) is 0 Å². The highest BCUT2D eigenvalue weighted by Crippen LogP contribution is 2.29. The number of benzene rings is 2. The topological polar surface area (TPSA) is 126 Å². The minimum absolute atomic E-state index is 0.136. The van der Waals surface area contributed by atoms with E-state index in [0.29, 0.717) is 27.6 Å². The average Bonchev–Trinajstić information content (AvgIpc) is 2.85. The minimum atomic E-state index is -0.756. The SMILES string of the molecule is C=C(N=C(C(N)=NC)c1ccc(C(=O)N[C@H](CO)c2cccc(Cl)c2)c(F)c1)C1CCC(N)CC1. The normalized spacial score (nSPS) is 19.8. The van der Waals surface area contributed by atoms with Crippen LogP contribution in [0.25, 0.3) is 0 Å². The number of nitrogens with zero attached hydrogens (tertiary/aromatic N) is 2. The zero-order valence-electron chi connectivity index (χ0n) is 19.7. The number of hydrogen-bond donors (Lipinski definition) is 4. The number of hydrogen-bond acceptors (Lipinski definition) is 5. The van der Waals surface area contributed by atoms with E-state index in [-0.39, 0.29) is 30.0 Å². The molecule has 0 heterocycles. The Hall–Kier alpha value is -3.07. The van der Waals surface area contributed by atoms with Crippen molar-refractivity contribution in [2.75, 3.05) is 13.7 Å². The van der Waals surface area contributed by atoms with Gasteiger partial charge in [0.05, 0.1) is 18.2 Å². The summed E-state index contributed by atoms with van der Waals surface area (Å²) in [6, 6.07) is 10.3. The van der Waals surface area contributed by atoms with Crippen LogP contribution in [-0.4, -0.2) is 42.3 Å². The summed E-state index contributed by atoms with van der Waals surface area (Å²) >= 11 is 6.00. The number of carbonyl (C=O) groups excluding carboxylic acids is 1. The molecule has 0 aliphatic heterocycles. The molecule has 186 valence electrons. The van der Waals surface area contributed by atoms with E-state index in [4.69, 9.17) is 23.1 Å². The molecule has 1 amide bonds. The van der Waals surface area contributed by atoms with Gasteiger partial charge in [-0.15, -0.1) is 0 Å². The molecule has 1 saturated carbocycles. The highest BCUT2D eigenvalue weighted by atomic mass is 35.5. The summed E-state index contributed by atoms with van der Waals surface area (Å²) in [7, 11) is 1.52. The largest absolute Gasteiger partial charge is 0.394 e. The fourth-order valence-corrected chi connectivity index (χ4v) is 4.30. The Kier molecular flexibility index (Phi) is 9.14.